The molecule has 0 spiro atoms. The van der Waals surface area contributed by atoms with Crippen molar-refractivity contribution in [1.29, 1.82) is 0 Å². The summed E-state index contributed by atoms with van der Waals surface area (Å²) in [5.74, 6) is 0.660. The van der Waals surface area contributed by atoms with Crippen molar-refractivity contribution >= 4 is 29.0 Å². The van der Waals surface area contributed by atoms with E-state index in [4.69, 9.17) is 19.1 Å². The molecule has 1 N–H and O–H groups in total. The summed E-state index contributed by atoms with van der Waals surface area (Å²) in [4.78, 5) is 16.4. The van der Waals surface area contributed by atoms with Crippen molar-refractivity contribution in [2.75, 3.05) is 14.2 Å². The minimum absolute atomic E-state index is 0.172. The van der Waals surface area contributed by atoms with Gasteiger partial charge in [0.05, 0.1) is 20.6 Å². The Morgan fingerprint density at radius 2 is 2.08 bits per heavy atom. The lowest BCUT2D eigenvalue weighted by Crippen LogP contribution is -1.97. The fourth-order valence-corrected chi connectivity index (χ4v) is 3.02. The lowest BCUT2D eigenvalue weighted by molar-refractivity contribution is -0.135. The number of carboxylic acid groups (broad SMARTS) is 1. The van der Waals surface area contributed by atoms with Gasteiger partial charge in [-0.15, -0.1) is 11.3 Å². The van der Waals surface area contributed by atoms with Crippen molar-refractivity contribution in [2.24, 2.45) is 0 Å². The van der Waals surface area contributed by atoms with E-state index in [0.717, 1.165) is 4.88 Å². The number of carbonyl (C=O) groups is 1. The van der Waals surface area contributed by atoms with Crippen molar-refractivity contribution < 1.29 is 23.9 Å². The third-order valence-corrected chi connectivity index (χ3v) is 4.36. The summed E-state index contributed by atoms with van der Waals surface area (Å²) in [5.41, 5.74) is 1.11. The van der Waals surface area contributed by atoms with Crippen molar-refractivity contribution in [1.82, 2.24) is 10.1 Å². The molecule has 0 atom stereocenters. The molecule has 2 heterocycles. The molecule has 7 nitrogen and oxygen atoms in total. The molecule has 134 valence electrons. The van der Waals surface area contributed by atoms with Crippen molar-refractivity contribution in [3.8, 4) is 22.9 Å². The van der Waals surface area contributed by atoms with Gasteiger partial charge >= 0.3 is 5.97 Å². The second-order valence-electron chi connectivity index (χ2n) is 5.25. The van der Waals surface area contributed by atoms with E-state index in [0.29, 0.717) is 28.5 Å². The van der Waals surface area contributed by atoms with Gasteiger partial charge in [-0.05, 0) is 35.7 Å². The molecule has 0 aliphatic heterocycles. The third-order valence-electron chi connectivity index (χ3n) is 3.54. The average Bonchev–Trinajstić information content (AvgIpc) is 3.32. The molecule has 0 unspecified atom stereocenters. The summed E-state index contributed by atoms with van der Waals surface area (Å²) < 4.78 is 15.8. The summed E-state index contributed by atoms with van der Waals surface area (Å²) in [6.45, 7) is 0. The number of rotatable bonds is 7. The zero-order chi connectivity index (χ0) is 18.5. The van der Waals surface area contributed by atoms with Crippen LogP contribution in [0.3, 0.4) is 0 Å². The van der Waals surface area contributed by atoms with E-state index in [1.54, 1.807) is 31.4 Å². The Morgan fingerprint density at radius 3 is 2.73 bits per heavy atom. The van der Waals surface area contributed by atoms with Crippen LogP contribution in [0.15, 0.2) is 40.2 Å². The fourth-order valence-electron chi connectivity index (χ4n) is 2.34. The standard InChI is InChI=1S/C18H16N2O5S/c1-23-14-6-5-11(9-15(14)24-2)17-19-18(25-20-17)12(10-16(21)22)8-13-4-3-7-26-13/h3-9H,10H2,1-2H3,(H,21,22). The number of aromatic nitrogens is 2. The summed E-state index contributed by atoms with van der Waals surface area (Å²) in [6, 6.07) is 9.02. The lowest BCUT2D eigenvalue weighted by atomic mass is 10.1. The third kappa shape index (κ3) is 3.92. The van der Waals surface area contributed by atoms with E-state index < -0.39 is 5.97 Å². The van der Waals surface area contributed by atoms with Crippen LogP contribution < -0.4 is 9.47 Å². The first-order valence-electron chi connectivity index (χ1n) is 7.63. The number of ether oxygens (including phenoxy) is 2. The van der Waals surface area contributed by atoms with Gasteiger partial charge in [-0.3, -0.25) is 4.79 Å². The molecule has 0 aliphatic rings. The second kappa shape index (κ2) is 7.83. The van der Waals surface area contributed by atoms with Gasteiger partial charge in [-0.25, -0.2) is 0 Å². The Bertz CT molecular complexity index is 931. The van der Waals surface area contributed by atoms with Crippen LogP contribution in [0.2, 0.25) is 0 Å². The summed E-state index contributed by atoms with van der Waals surface area (Å²) in [6.07, 6.45) is 1.52. The van der Waals surface area contributed by atoms with Gasteiger partial charge in [0, 0.05) is 16.0 Å². The molecule has 0 amide bonds. The molecule has 26 heavy (non-hydrogen) atoms. The minimum atomic E-state index is -0.973. The highest BCUT2D eigenvalue weighted by Crippen LogP contribution is 2.32. The zero-order valence-electron chi connectivity index (χ0n) is 14.1. The van der Waals surface area contributed by atoms with Crippen LogP contribution in [0.4, 0.5) is 0 Å². The van der Waals surface area contributed by atoms with Crippen LogP contribution in [0.25, 0.3) is 23.0 Å². The molecule has 1 aromatic carbocycles. The van der Waals surface area contributed by atoms with Crippen LogP contribution in [0.1, 0.15) is 17.2 Å². The SMILES string of the molecule is COc1ccc(-c2noc(C(=Cc3cccs3)CC(=O)O)n2)cc1OC. The minimum Gasteiger partial charge on any atom is -0.493 e. The number of benzene rings is 1. The Labute approximate surface area is 153 Å². The maximum Gasteiger partial charge on any atom is 0.308 e. The fraction of sp³-hybridized carbons (Fsp3) is 0.167. The predicted molar refractivity (Wildman–Crippen MR) is 97.3 cm³/mol. The van der Waals surface area contributed by atoms with Gasteiger partial charge in [0.1, 0.15) is 0 Å². The Hall–Kier alpha value is -3.13. The van der Waals surface area contributed by atoms with E-state index >= 15 is 0 Å². The predicted octanol–water partition coefficient (Wildman–Crippen LogP) is 3.83. The number of methoxy groups -OCH3 is 2. The van der Waals surface area contributed by atoms with Crippen LogP contribution in [0, 0.1) is 0 Å². The topological polar surface area (TPSA) is 94.7 Å². The normalized spacial score (nSPS) is 11.4. The van der Waals surface area contributed by atoms with Crippen LogP contribution in [-0.4, -0.2) is 35.4 Å². The zero-order valence-corrected chi connectivity index (χ0v) is 14.9. The molecule has 0 saturated heterocycles. The quantitative estimate of drug-likeness (QED) is 0.673. The molecular formula is C18H16N2O5S. The number of carboxylic acids is 1. The molecule has 0 saturated carbocycles. The molecule has 2 aromatic heterocycles. The molecule has 0 fully saturated rings. The Morgan fingerprint density at radius 1 is 1.27 bits per heavy atom. The van der Waals surface area contributed by atoms with Crippen molar-refractivity contribution in [2.45, 2.75) is 6.42 Å². The van der Waals surface area contributed by atoms with Crippen LogP contribution >= 0.6 is 11.3 Å². The maximum atomic E-state index is 11.2. The second-order valence-corrected chi connectivity index (χ2v) is 6.23. The highest BCUT2D eigenvalue weighted by atomic mass is 32.1. The van der Waals surface area contributed by atoms with Gasteiger partial charge in [-0.2, -0.15) is 4.98 Å². The van der Waals surface area contributed by atoms with Crippen molar-refractivity contribution in [3.05, 3.63) is 46.5 Å². The van der Waals surface area contributed by atoms with E-state index in [1.807, 2.05) is 17.5 Å². The van der Waals surface area contributed by atoms with Crippen LogP contribution in [-0.2, 0) is 4.79 Å². The molecule has 0 aliphatic carbocycles. The molecular weight excluding hydrogens is 356 g/mol. The largest absolute Gasteiger partial charge is 0.493 e. The Kier molecular flexibility index (Phi) is 5.33. The van der Waals surface area contributed by atoms with E-state index in [-0.39, 0.29) is 12.3 Å². The monoisotopic (exact) mass is 372 g/mol. The summed E-state index contributed by atoms with van der Waals surface area (Å²) in [5, 5.41) is 15.0. The molecule has 8 heteroatoms. The molecule has 0 bridgehead atoms. The van der Waals surface area contributed by atoms with E-state index in [1.165, 1.54) is 18.4 Å². The first-order valence-corrected chi connectivity index (χ1v) is 8.51. The Balaban J connectivity index is 1.95. The lowest BCUT2D eigenvalue weighted by Gasteiger charge is -2.07. The highest BCUT2D eigenvalue weighted by molar-refractivity contribution is 7.10. The number of aliphatic carboxylic acids is 1. The molecule has 0 radical (unpaired) electrons. The van der Waals surface area contributed by atoms with Gasteiger partial charge in [0.2, 0.25) is 5.82 Å². The first-order chi connectivity index (χ1) is 12.6. The number of thiophene rings is 1. The molecule has 3 aromatic rings. The summed E-state index contributed by atoms with van der Waals surface area (Å²) >= 11 is 1.50. The van der Waals surface area contributed by atoms with Gasteiger partial charge in [0.15, 0.2) is 11.5 Å². The maximum absolute atomic E-state index is 11.2. The number of hydrogen-bond acceptors (Lipinski definition) is 7. The summed E-state index contributed by atoms with van der Waals surface area (Å²) in [7, 11) is 3.09. The molecule has 3 rings (SSSR count). The number of nitrogens with zero attached hydrogens (tertiary/aromatic N) is 2. The van der Waals surface area contributed by atoms with E-state index in [9.17, 15) is 4.79 Å². The van der Waals surface area contributed by atoms with Crippen molar-refractivity contribution in [3.63, 3.8) is 0 Å². The average molecular weight is 372 g/mol. The van der Waals surface area contributed by atoms with Crippen LogP contribution in [0.5, 0.6) is 11.5 Å². The smallest absolute Gasteiger partial charge is 0.308 e. The first kappa shape index (κ1) is 17.7. The number of hydrogen-bond donors (Lipinski definition) is 1. The highest BCUT2D eigenvalue weighted by Gasteiger charge is 2.17. The van der Waals surface area contributed by atoms with E-state index in [2.05, 4.69) is 10.1 Å². The van der Waals surface area contributed by atoms with Gasteiger partial charge in [0.25, 0.3) is 5.89 Å². The van der Waals surface area contributed by atoms with Gasteiger partial charge < -0.3 is 19.1 Å². The van der Waals surface area contributed by atoms with Gasteiger partial charge in [-0.1, -0.05) is 11.2 Å².